The standard InChI is InChI=1S/C44H52N10O18S2/c45-43(46)51-31-9-5-29(6-10-31)41(63)71-33-13-1-27(2-14-33)25-49-73(65,66)53(35(39(59)60)23-37(55)56)17-19-69-21-22-70-20-18-54(36(40(61)62)24-38(57)58)74(67,68)50-26-28-3-15-34(16-4-28)72-42(64)30-7-11-32(12-8-30)52-44(47)48/h1-16,35-36,49-50H,17-26H2,(H,55,56)(H,57,58)(H,59,60)(H,61,62)(H4,45,46,51)(H4,47,48,52)/t35-,36-/m0/s1. The number of hydrogen-bond donors (Lipinski definition) is 10. The maximum atomic E-state index is 13.5. The molecule has 0 unspecified atom stereocenters. The van der Waals surface area contributed by atoms with Crippen molar-refractivity contribution in [3.63, 3.8) is 0 Å². The van der Waals surface area contributed by atoms with Crippen LogP contribution in [0.5, 0.6) is 11.5 Å². The van der Waals surface area contributed by atoms with Crippen LogP contribution < -0.4 is 41.9 Å². The van der Waals surface area contributed by atoms with E-state index in [0.717, 1.165) is 0 Å². The van der Waals surface area contributed by atoms with Crippen LogP contribution in [0.25, 0.3) is 0 Å². The number of rotatable bonds is 31. The summed E-state index contributed by atoms with van der Waals surface area (Å²) in [7, 11) is -9.49. The molecule has 0 aromatic heterocycles. The van der Waals surface area contributed by atoms with Crippen LogP contribution in [0.3, 0.4) is 0 Å². The number of nitrogens with one attached hydrogen (secondary N) is 2. The van der Waals surface area contributed by atoms with Gasteiger partial charge in [0.1, 0.15) is 23.6 Å². The highest BCUT2D eigenvalue weighted by Crippen LogP contribution is 2.20. The summed E-state index contributed by atoms with van der Waals surface area (Å²) in [6, 6.07) is 18.6. The van der Waals surface area contributed by atoms with Crippen LogP contribution in [0, 0.1) is 0 Å². The molecule has 0 aliphatic carbocycles. The lowest BCUT2D eigenvalue weighted by Crippen LogP contribution is -2.52. The van der Waals surface area contributed by atoms with Gasteiger partial charge >= 0.3 is 35.8 Å². The first kappa shape index (κ1) is 58.5. The van der Waals surface area contributed by atoms with E-state index < -0.39 is 121 Å². The number of aliphatic imine (C=N–C) groups is 2. The van der Waals surface area contributed by atoms with Crippen LogP contribution in [0.15, 0.2) is 107 Å². The van der Waals surface area contributed by atoms with Crippen LogP contribution in [0.2, 0.25) is 0 Å². The molecule has 0 radical (unpaired) electrons. The average Bonchev–Trinajstić information content (AvgIpc) is 3.32. The highest BCUT2D eigenvalue weighted by molar-refractivity contribution is 7.87. The van der Waals surface area contributed by atoms with Crippen molar-refractivity contribution in [2.45, 2.75) is 38.0 Å². The summed E-state index contributed by atoms with van der Waals surface area (Å²) in [5, 5.41) is 38.4. The van der Waals surface area contributed by atoms with Gasteiger partial charge in [-0.15, -0.1) is 0 Å². The van der Waals surface area contributed by atoms with Gasteiger partial charge in [-0.2, -0.15) is 34.9 Å². The van der Waals surface area contributed by atoms with Crippen molar-refractivity contribution in [1.82, 2.24) is 18.1 Å². The largest absolute Gasteiger partial charge is 0.481 e. The normalized spacial score (nSPS) is 12.3. The van der Waals surface area contributed by atoms with Crippen molar-refractivity contribution < 1.29 is 85.0 Å². The predicted molar refractivity (Wildman–Crippen MR) is 261 cm³/mol. The van der Waals surface area contributed by atoms with Crippen LogP contribution >= 0.6 is 0 Å². The molecule has 0 heterocycles. The minimum atomic E-state index is -4.74. The molecule has 0 bridgehead atoms. The van der Waals surface area contributed by atoms with Gasteiger partial charge in [0.2, 0.25) is 0 Å². The maximum absolute atomic E-state index is 13.5. The second-order valence-electron chi connectivity index (χ2n) is 15.2. The Morgan fingerprint density at radius 1 is 0.500 bits per heavy atom. The lowest BCUT2D eigenvalue weighted by atomic mass is 10.2. The third-order valence-corrected chi connectivity index (χ3v) is 12.9. The Bertz CT molecular complexity index is 2690. The molecular weight excluding hydrogens is 1020 g/mol. The second kappa shape index (κ2) is 27.6. The van der Waals surface area contributed by atoms with Crippen LogP contribution in [-0.4, -0.2) is 145 Å². The zero-order valence-corrected chi connectivity index (χ0v) is 40.5. The fraction of sp³-hybridized carbons (Fsp3) is 0.273. The van der Waals surface area contributed by atoms with E-state index >= 15 is 0 Å². The molecule has 398 valence electrons. The first-order valence-electron chi connectivity index (χ1n) is 21.5. The molecular formula is C44H52N10O18S2. The van der Waals surface area contributed by atoms with E-state index in [1.54, 1.807) is 0 Å². The molecule has 0 fully saturated rings. The molecule has 0 aliphatic heterocycles. The summed E-state index contributed by atoms with van der Waals surface area (Å²) in [4.78, 5) is 80.3. The summed E-state index contributed by atoms with van der Waals surface area (Å²) < 4.78 is 80.6. The van der Waals surface area contributed by atoms with Gasteiger partial charge in [-0.25, -0.2) is 19.6 Å². The van der Waals surface area contributed by atoms with E-state index in [-0.39, 0.29) is 47.8 Å². The number of esters is 2. The molecule has 4 aromatic carbocycles. The minimum Gasteiger partial charge on any atom is -0.481 e. The molecule has 0 spiro atoms. The molecule has 14 N–H and O–H groups in total. The Morgan fingerprint density at radius 2 is 0.824 bits per heavy atom. The van der Waals surface area contributed by atoms with Crippen LogP contribution in [0.4, 0.5) is 11.4 Å². The molecule has 4 rings (SSSR count). The van der Waals surface area contributed by atoms with Gasteiger partial charge in [-0.3, -0.25) is 19.2 Å². The molecule has 0 saturated carbocycles. The Hall–Kier alpha value is -8.10. The Kier molecular flexibility index (Phi) is 21.8. The number of ether oxygens (including phenoxy) is 4. The fourth-order valence-electron chi connectivity index (χ4n) is 6.31. The van der Waals surface area contributed by atoms with Gasteiger partial charge in [0.05, 0.1) is 61.8 Å². The van der Waals surface area contributed by atoms with E-state index in [4.69, 9.17) is 41.9 Å². The van der Waals surface area contributed by atoms with Gasteiger partial charge < -0.3 is 62.3 Å². The van der Waals surface area contributed by atoms with E-state index in [2.05, 4.69) is 19.4 Å². The molecule has 28 nitrogen and oxygen atoms in total. The fourth-order valence-corrected chi connectivity index (χ4v) is 8.97. The van der Waals surface area contributed by atoms with Gasteiger partial charge in [-0.1, -0.05) is 24.3 Å². The Morgan fingerprint density at radius 3 is 1.11 bits per heavy atom. The number of carboxylic acid groups (broad SMARTS) is 4. The molecule has 2 atom stereocenters. The lowest BCUT2D eigenvalue weighted by molar-refractivity contribution is -0.148. The SMILES string of the molecule is NC(N)=Nc1ccc(C(=O)Oc2ccc(CNS(=O)(=O)N(CCOCCOCCN([C@@H](CC(=O)O)C(=O)O)S(=O)(=O)NCc3ccc(OC(=O)c4ccc(N=C(N)N)cc4)cc3)[C@@H](CC(=O)O)C(=O)O)cc2)cc1. The molecule has 4 aromatic rings. The van der Waals surface area contributed by atoms with E-state index in [1.165, 1.54) is 97.1 Å². The first-order valence-corrected chi connectivity index (χ1v) is 24.4. The second-order valence-corrected chi connectivity index (χ2v) is 18.7. The van der Waals surface area contributed by atoms with Gasteiger partial charge in [0.15, 0.2) is 11.9 Å². The van der Waals surface area contributed by atoms with Crippen molar-refractivity contribution in [2.75, 3.05) is 39.5 Å². The van der Waals surface area contributed by atoms with Crippen molar-refractivity contribution in [3.8, 4) is 11.5 Å². The minimum absolute atomic E-state index is 0.0950. The van der Waals surface area contributed by atoms with Gasteiger partial charge in [0.25, 0.3) is 20.4 Å². The lowest BCUT2D eigenvalue weighted by Gasteiger charge is -2.27. The quantitative estimate of drug-likeness (QED) is 0.0103. The Labute approximate surface area is 422 Å². The Balaban J connectivity index is 1.30. The molecule has 74 heavy (non-hydrogen) atoms. The average molecular weight is 1070 g/mol. The maximum Gasteiger partial charge on any atom is 0.343 e. The number of carbonyl (C=O) groups excluding carboxylic acids is 2. The highest BCUT2D eigenvalue weighted by atomic mass is 32.2. The number of carbonyl (C=O) groups is 6. The number of aliphatic carboxylic acids is 4. The van der Waals surface area contributed by atoms with Crippen molar-refractivity contribution in [2.24, 2.45) is 32.9 Å². The van der Waals surface area contributed by atoms with Crippen LogP contribution in [-0.2, 0) is 62.2 Å². The number of nitrogens with zero attached hydrogens (tertiary/aromatic N) is 4. The van der Waals surface area contributed by atoms with Crippen molar-refractivity contribution in [1.29, 1.82) is 0 Å². The number of guanidine groups is 2. The van der Waals surface area contributed by atoms with Gasteiger partial charge in [-0.05, 0) is 83.9 Å². The summed E-state index contributed by atoms with van der Waals surface area (Å²) >= 11 is 0. The molecule has 30 heteroatoms. The monoisotopic (exact) mass is 1070 g/mol. The summed E-state index contributed by atoms with van der Waals surface area (Å²) in [5.41, 5.74) is 23.2. The molecule has 0 aliphatic rings. The predicted octanol–water partition coefficient (Wildman–Crippen LogP) is -0.203. The van der Waals surface area contributed by atoms with Crippen LogP contribution in [0.1, 0.15) is 44.7 Å². The third-order valence-electron chi connectivity index (χ3n) is 9.81. The highest BCUT2D eigenvalue weighted by Gasteiger charge is 2.38. The number of hydrogen-bond acceptors (Lipinski definition) is 16. The summed E-state index contributed by atoms with van der Waals surface area (Å²) in [5.74, 6) is -8.42. The number of benzene rings is 4. The molecule has 0 saturated heterocycles. The summed E-state index contributed by atoms with van der Waals surface area (Å²) in [6.07, 6.45) is -2.26. The zero-order chi connectivity index (χ0) is 54.6. The zero-order valence-electron chi connectivity index (χ0n) is 38.9. The van der Waals surface area contributed by atoms with E-state index in [9.17, 15) is 66.0 Å². The van der Waals surface area contributed by atoms with Crippen molar-refractivity contribution in [3.05, 3.63) is 119 Å². The van der Waals surface area contributed by atoms with Gasteiger partial charge in [0, 0.05) is 26.2 Å². The van der Waals surface area contributed by atoms with E-state index in [0.29, 0.717) is 31.1 Å². The number of nitrogens with two attached hydrogens (primary N) is 4. The van der Waals surface area contributed by atoms with Crippen molar-refractivity contribution >= 4 is 79.5 Å². The summed E-state index contributed by atoms with van der Waals surface area (Å²) in [6.45, 7) is -3.85. The van der Waals surface area contributed by atoms with E-state index in [1.807, 2.05) is 0 Å². The smallest absolute Gasteiger partial charge is 0.343 e. The molecule has 0 amide bonds. The third kappa shape index (κ3) is 19.1. The number of carboxylic acids is 4. The first-order chi connectivity index (χ1) is 34.9. The topological polar surface area (TPSA) is 448 Å².